The molecule has 0 saturated heterocycles. The van der Waals surface area contributed by atoms with E-state index in [1.54, 1.807) is 0 Å². The van der Waals surface area contributed by atoms with E-state index < -0.39 is 0 Å². The van der Waals surface area contributed by atoms with E-state index in [1.165, 1.54) is 44.3 Å². The van der Waals surface area contributed by atoms with Gasteiger partial charge in [-0.15, -0.1) is 0 Å². The molecule has 0 atom stereocenters. The van der Waals surface area contributed by atoms with Gasteiger partial charge >= 0.3 is 0 Å². The van der Waals surface area contributed by atoms with Crippen LogP contribution in [-0.4, -0.2) is 11.6 Å². The summed E-state index contributed by atoms with van der Waals surface area (Å²) in [4.78, 5) is 2.29. The van der Waals surface area contributed by atoms with Crippen molar-refractivity contribution in [3.05, 3.63) is 97.1 Å². The smallest absolute Gasteiger partial charge is 0.0492 e. The molecule has 0 aliphatic heterocycles. The van der Waals surface area contributed by atoms with E-state index in [4.69, 9.17) is 0 Å². The fourth-order valence-corrected chi connectivity index (χ4v) is 4.36. The van der Waals surface area contributed by atoms with Gasteiger partial charge in [-0.2, -0.15) is 0 Å². The summed E-state index contributed by atoms with van der Waals surface area (Å²) in [6, 6.07) is 34.7. The number of hydrogen-bond donors (Lipinski definition) is 0. The molecule has 142 valence electrons. The van der Waals surface area contributed by atoms with Crippen LogP contribution in [0.25, 0.3) is 32.9 Å². The van der Waals surface area contributed by atoms with E-state index in [0.29, 0.717) is 0 Å². The second-order valence-corrected chi connectivity index (χ2v) is 7.41. The predicted molar refractivity (Wildman–Crippen MR) is 125 cm³/mol. The number of para-hydroxylation sites is 2. The third kappa shape index (κ3) is 2.89. The number of anilines is 2. The number of hydrogen-bond acceptors (Lipinski definition) is 1. The van der Waals surface area contributed by atoms with Gasteiger partial charge in [0, 0.05) is 52.3 Å². The van der Waals surface area contributed by atoms with Crippen molar-refractivity contribution in [2.24, 2.45) is 0 Å². The van der Waals surface area contributed by atoms with Crippen LogP contribution in [0.3, 0.4) is 0 Å². The summed E-state index contributed by atoms with van der Waals surface area (Å²) in [5.41, 5.74) is 7.47. The molecule has 0 amide bonds. The topological polar surface area (TPSA) is 8.17 Å². The summed E-state index contributed by atoms with van der Waals surface area (Å²) in [5, 5.41) is 2.62. The molecular formula is C27H24N2. The first-order chi connectivity index (χ1) is 14.3. The summed E-state index contributed by atoms with van der Waals surface area (Å²) >= 11 is 0. The van der Waals surface area contributed by atoms with Crippen LogP contribution in [-0.2, 0) is 6.54 Å². The molecule has 2 nitrogen and oxygen atoms in total. The average molecular weight is 377 g/mol. The van der Waals surface area contributed by atoms with Crippen LogP contribution in [0.2, 0.25) is 0 Å². The van der Waals surface area contributed by atoms with Crippen molar-refractivity contribution in [3.63, 3.8) is 0 Å². The zero-order valence-electron chi connectivity index (χ0n) is 16.8. The summed E-state index contributed by atoms with van der Waals surface area (Å²) in [5.74, 6) is 0. The quantitative estimate of drug-likeness (QED) is 0.321. The van der Waals surface area contributed by atoms with Crippen LogP contribution < -0.4 is 4.90 Å². The minimum atomic E-state index is 0.968. The Morgan fingerprint density at radius 2 is 1.38 bits per heavy atom. The molecule has 5 rings (SSSR count). The molecule has 0 bridgehead atoms. The van der Waals surface area contributed by atoms with Gasteiger partial charge in [-0.3, -0.25) is 0 Å². The summed E-state index contributed by atoms with van der Waals surface area (Å²) in [7, 11) is 2.15. The van der Waals surface area contributed by atoms with Crippen molar-refractivity contribution < 1.29 is 0 Å². The maximum atomic E-state index is 2.40. The van der Waals surface area contributed by atoms with E-state index in [2.05, 4.69) is 121 Å². The van der Waals surface area contributed by atoms with Crippen molar-refractivity contribution in [2.45, 2.75) is 13.5 Å². The molecule has 1 aromatic heterocycles. The lowest BCUT2D eigenvalue weighted by atomic mass is 10.0. The average Bonchev–Trinajstić information content (AvgIpc) is 3.12. The van der Waals surface area contributed by atoms with E-state index >= 15 is 0 Å². The Hall–Kier alpha value is -3.52. The first-order valence-corrected chi connectivity index (χ1v) is 10.2. The predicted octanol–water partition coefficient (Wildman–Crippen LogP) is 7.25. The van der Waals surface area contributed by atoms with Crippen LogP contribution in [0, 0.1) is 0 Å². The third-order valence-corrected chi connectivity index (χ3v) is 5.81. The minimum Gasteiger partial charge on any atom is -0.344 e. The van der Waals surface area contributed by atoms with Gasteiger partial charge in [0.05, 0.1) is 0 Å². The van der Waals surface area contributed by atoms with E-state index in [0.717, 1.165) is 6.54 Å². The molecule has 0 saturated carbocycles. The van der Waals surface area contributed by atoms with E-state index in [-0.39, 0.29) is 0 Å². The largest absolute Gasteiger partial charge is 0.344 e. The van der Waals surface area contributed by atoms with E-state index in [9.17, 15) is 0 Å². The summed E-state index contributed by atoms with van der Waals surface area (Å²) in [6.07, 6.45) is 0. The van der Waals surface area contributed by atoms with Crippen molar-refractivity contribution >= 4 is 33.2 Å². The van der Waals surface area contributed by atoms with Crippen LogP contribution in [0.15, 0.2) is 97.1 Å². The van der Waals surface area contributed by atoms with E-state index in [1.807, 2.05) is 0 Å². The number of benzene rings is 4. The first-order valence-electron chi connectivity index (χ1n) is 10.2. The van der Waals surface area contributed by atoms with Crippen molar-refractivity contribution in [3.8, 4) is 11.1 Å². The second kappa shape index (κ2) is 7.14. The lowest BCUT2D eigenvalue weighted by Gasteiger charge is -2.23. The van der Waals surface area contributed by atoms with Gasteiger partial charge in [-0.1, -0.05) is 66.7 Å². The second-order valence-electron chi connectivity index (χ2n) is 7.41. The highest BCUT2D eigenvalue weighted by Crippen LogP contribution is 2.37. The number of aryl methyl sites for hydroxylation is 1. The zero-order valence-corrected chi connectivity index (χ0v) is 16.8. The molecule has 0 unspecified atom stereocenters. The highest BCUT2D eigenvalue weighted by molar-refractivity contribution is 6.09. The lowest BCUT2D eigenvalue weighted by molar-refractivity contribution is 0.827. The molecule has 2 heteroatoms. The Morgan fingerprint density at radius 3 is 2.21 bits per heavy atom. The van der Waals surface area contributed by atoms with Crippen LogP contribution in [0.4, 0.5) is 11.4 Å². The number of aromatic nitrogens is 1. The zero-order chi connectivity index (χ0) is 19.8. The lowest BCUT2D eigenvalue weighted by Crippen LogP contribution is -2.10. The molecule has 1 heterocycles. The Kier molecular flexibility index (Phi) is 4.33. The highest BCUT2D eigenvalue weighted by atomic mass is 15.1. The standard InChI is InChI=1S/C27H24N2/c1-3-29-26-16-10-8-14-23(26)24-19-21(17-18-27(24)29)28(2)25-15-9-7-13-22(25)20-11-5-4-6-12-20/h4-19H,3H2,1-2H3. The summed E-state index contributed by atoms with van der Waals surface area (Å²) < 4.78 is 2.40. The molecule has 4 aromatic carbocycles. The molecule has 0 fully saturated rings. The Labute approximate surface area is 171 Å². The van der Waals surface area contributed by atoms with Gasteiger partial charge in [-0.25, -0.2) is 0 Å². The number of rotatable bonds is 4. The molecule has 5 aromatic rings. The number of fused-ring (bicyclic) bond motifs is 3. The molecule has 0 radical (unpaired) electrons. The minimum absolute atomic E-state index is 0.968. The highest BCUT2D eigenvalue weighted by Gasteiger charge is 2.14. The van der Waals surface area contributed by atoms with Crippen LogP contribution in [0.5, 0.6) is 0 Å². The molecular weight excluding hydrogens is 352 g/mol. The maximum absolute atomic E-state index is 2.40. The van der Waals surface area contributed by atoms with Gasteiger partial charge in [0.1, 0.15) is 0 Å². The first kappa shape index (κ1) is 17.6. The van der Waals surface area contributed by atoms with Crippen molar-refractivity contribution in [2.75, 3.05) is 11.9 Å². The van der Waals surface area contributed by atoms with Crippen molar-refractivity contribution in [1.82, 2.24) is 4.57 Å². The Balaban J connectivity index is 1.67. The van der Waals surface area contributed by atoms with Gasteiger partial charge < -0.3 is 9.47 Å². The molecule has 0 N–H and O–H groups in total. The monoisotopic (exact) mass is 376 g/mol. The van der Waals surface area contributed by atoms with Gasteiger partial charge in [0.2, 0.25) is 0 Å². The Bertz CT molecular complexity index is 1300. The SMILES string of the molecule is CCn1c2ccccc2c2cc(N(C)c3ccccc3-c3ccccc3)ccc21. The fourth-order valence-electron chi connectivity index (χ4n) is 4.36. The molecule has 0 aliphatic carbocycles. The number of nitrogens with zero attached hydrogens (tertiary/aromatic N) is 2. The molecule has 29 heavy (non-hydrogen) atoms. The normalized spacial score (nSPS) is 11.2. The van der Waals surface area contributed by atoms with Crippen LogP contribution >= 0.6 is 0 Å². The van der Waals surface area contributed by atoms with Gasteiger partial charge in [-0.05, 0) is 42.8 Å². The fraction of sp³-hybridized carbons (Fsp3) is 0.111. The molecule has 0 spiro atoms. The van der Waals surface area contributed by atoms with Gasteiger partial charge in [0.25, 0.3) is 0 Å². The van der Waals surface area contributed by atoms with Crippen LogP contribution in [0.1, 0.15) is 6.92 Å². The van der Waals surface area contributed by atoms with Crippen molar-refractivity contribution in [1.29, 1.82) is 0 Å². The third-order valence-electron chi connectivity index (χ3n) is 5.81. The molecule has 0 aliphatic rings. The summed E-state index contributed by atoms with van der Waals surface area (Å²) in [6.45, 7) is 3.18. The van der Waals surface area contributed by atoms with Gasteiger partial charge in [0.15, 0.2) is 0 Å². The maximum Gasteiger partial charge on any atom is 0.0492 e. The Morgan fingerprint density at radius 1 is 0.690 bits per heavy atom.